The first-order chi connectivity index (χ1) is 10.6. The summed E-state index contributed by atoms with van der Waals surface area (Å²) >= 11 is 2.96. The zero-order valence-corrected chi connectivity index (χ0v) is 13.7. The van der Waals surface area contributed by atoms with E-state index in [-0.39, 0.29) is 17.6 Å². The minimum atomic E-state index is -0.359. The van der Waals surface area contributed by atoms with Crippen LogP contribution in [0.25, 0.3) is 6.08 Å². The van der Waals surface area contributed by atoms with Gasteiger partial charge in [0.1, 0.15) is 0 Å². The minimum absolute atomic E-state index is 0.247. The van der Waals surface area contributed by atoms with Crippen molar-refractivity contribution in [3.05, 3.63) is 58.3 Å². The van der Waals surface area contributed by atoms with Gasteiger partial charge in [-0.05, 0) is 36.6 Å². The van der Waals surface area contributed by atoms with E-state index >= 15 is 0 Å². The van der Waals surface area contributed by atoms with Crippen LogP contribution >= 0.6 is 23.1 Å². The molecular weight excluding hydrogens is 316 g/mol. The van der Waals surface area contributed by atoms with Crippen LogP contribution in [0, 0.1) is 6.92 Å². The highest BCUT2D eigenvalue weighted by atomic mass is 32.2. The van der Waals surface area contributed by atoms with Gasteiger partial charge in [-0.15, -0.1) is 23.1 Å². The first-order valence-electron chi connectivity index (χ1n) is 6.63. The molecule has 6 heteroatoms. The highest BCUT2D eigenvalue weighted by molar-refractivity contribution is 8.00. The average Bonchev–Trinajstić information content (AvgIpc) is 3.04. The van der Waals surface area contributed by atoms with E-state index < -0.39 is 0 Å². The topological polar surface area (TPSA) is 58.2 Å². The number of rotatable bonds is 5. The molecule has 2 N–H and O–H groups in total. The van der Waals surface area contributed by atoms with Crippen LogP contribution in [0.3, 0.4) is 0 Å². The van der Waals surface area contributed by atoms with Crippen LogP contribution in [0.15, 0.2) is 52.7 Å². The Hall–Kier alpha value is -2.05. The second-order valence-electron chi connectivity index (χ2n) is 4.49. The van der Waals surface area contributed by atoms with E-state index in [0.29, 0.717) is 0 Å². The molecule has 0 aliphatic carbocycles. The molecule has 0 bridgehead atoms. The summed E-state index contributed by atoms with van der Waals surface area (Å²) in [5.74, 6) is -0.358. The molecule has 114 valence electrons. The molecule has 0 aliphatic heterocycles. The third kappa shape index (κ3) is 5.75. The van der Waals surface area contributed by atoms with Crippen molar-refractivity contribution < 1.29 is 9.59 Å². The van der Waals surface area contributed by atoms with Crippen molar-refractivity contribution >= 4 is 41.0 Å². The van der Waals surface area contributed by atoms with Crippen LogP contribution in [0.2, 0.25) is 0 Å². The zero-order chi connectivity index (χ0) is 15.8. The van der Waals surface area contributed by atoms with Gasteiger partial charge >= 0.3 is 0 Å². The Morgan fingerprint density at radius 1 is 1.18 bits per heavy atom. The van der Waals surface area contributed by atoms with Gasteiger partial charge in [0.15, 0.2) is 0 Å². The molecule has 2 aromatic rings. The van der Waals surface area contributed by atoms with Crippen LogP contribution in [0.4, 0.5) is 0 Å². The van der Waals surface area contributed by atoms with Gasteiger partial charge in [-0.3, -0.25) is 20.4 Å². The largest absolute Gasteiger partial charge is 0.272 e. The van der Waals surface area contributed by atoms with E-state index in [4.69, 9.17) is 0 Å². The maximum absolute atomic E-state index is 11.7. The second-order valence-corrected chi connectivity index (χ2v) is 6.52. The first-order valence-corrected chi connectivity index (χ1v) is 8.50. The highest BCUT2D eigenvalue weighted by Crippen LogP contribution is 2.17. The Labute approximate surface area is 137 Å². The molecule has 0 radical (unpaired) electrons. The smallest absolute Gasteiger partial charge is 0.262 e. The van der Waals surface area contributed by atoms with Crippen molar-refractivity contribution in [3.8, 4) is 0 Å². The van der Waals surface area contributed by atoms with Gasteiger partial charge in [0, 0.05) is 15.8 Å². The molecule has 0 saturated carbocycles. The number of aryl methyl sites for hydroxylation is 1. The SMILES string of the molecule is Cc1ccc(SCC(=O)NNC(=O)/C=C/c2cccs2)cc1. The van der Waals surface area contributed by atoms with E-state index in [9.17, 15) is 9.59 Å². The third-order valence-corrected chi connectivity index (χ3v) is 4.51. The summed E-state index contributed by atoms with van der Waals surface area (Å²) in [6.07, 6.45) is 3.09. The Morgan fingerprint density at radius 2 is 1.95 bits per heavy atom. The summed E-state index contributed by atoms with van der Waals surface area (Å²) in [6.45, 7) is 2.01. The van der Waals surface area contributed by atoms with Crippen molar-refractivity contribution in [3.63, 3.8) is 0 Å². The van der Waals surface area contributed by atoms with Gasteiger partial charge < -0.3 is 0 Å². The number of thioether (sulfide) groups is 1. The van der Waals surface area contributed by atoms with Crippen LogP contribution in [-0.2, 0) is 9.59 Å². The second kappa shape index (κ2) is 8.41. The van der Waals surface area contributed by atoms with Gasteiger partial charge in [-0.2, -0.15) is 0 Å². The predicted molar refractivity (Wildman–Crippen MR) is 91.5 cm³/mol. The molecule has 0 aliphatic rings. The van der Waals surface area contributed by atoms with Gasteiger partial charge in [0.25, 0.3) is 5.91 Å². The van der Waals surface area contributed by atoms with Crippen LogP contribution in [0.5, 0.6) is 0 Å². The summed E-state index contributed by atoms with van der Waals surface area (Å²) in [5.41, 5.74) is 5.92. The third-order valence-electron chi connectivity index (χ3n) is 2.66. The van der Waals surface area contributed by atoms with Crippen molar-refractivity contribution in [2.24, 2.45) is 0 Å². The number of nitrogens with one attached hydrogen (secondary N) is 2. The Bertz CT molecular complexity index is 649. The first kappa shape index (κ1) is 16.3. The summed E-state index contributed by atoms with van der Waals surface area (Å²) in [5, 5.41) is 1.93. The molecule has 0 unspecified atom stereocenters. The minimum Gasteiger partial charge on any atom is -0.272 e. The molecular formula is C16H16N2O2S2. The van der Waals surface area contributed by atoms with E-state index in [1.165, 1.54) is 34.7 Å². The summed E-state index contributed by atoms with van der Waals surface area (Å²) < 4.78 is 0. The molecule has 2 rings (SSSR count). The van der Waals surface area contributed by atoms with Crippen LogP contribution in [0.1, 0.15) is 10.4 Å². The number of hydrogen-bond donors (Lipinski definition) is 2. The molecule has 1 heterocycles. The van der Waals surface area contributed by atoms with E-state index in [1.807, 2.05) is 48.7 Å². The van der Waals surface area contributed by atoms with Gasteiger partial charge in [0.2, 0.25) is 5.91 Å². The van der Waals surface area contributed by atoms with E-state index in [1.54, 1.807) is 6.08 Å². The number of carbonyl (C=O) groups is 2. The van der Waals surface area contributed by atoms with Gasteiger partial charge in [-0.25, -0.2) is 0 Å². The number of thiophene rings is 1. The lowest BCUT2D eigenvalue weighted by Crippen LogP contribution is -2.41. The Morgan fingerprint density at radius 3 is 2.64 bits per heavy atom. The van der Waals surface area contributed by atoms with Crippen molar-refractivity contribution in [1.82, 2.24) is 10.9 Å². The fourth-order valence-corrected chi connectivity index (χ4v) is 2.85. The molecule has 0 fully saturated rings. The summed E-state index contributed by atoms with van der Waals surface area (Å²) in [7, 11) is 0. The normalized spacial score (nSPS) is 10.6. The van der Waals surface area contributed by atoms with E-state index in [0.717, 1.165) is 9.77 Å². The lowest BCUT2D eigenvalue weighted by Gasteiger charge is -2.05. The maximum atomic E-state index is 11.7. The molecule has 0 atom stereocenters. The summed E-state index contributed by atoms with van der Waals surface area (Å²) in [4.78, 5) is 25.2. The molecule has 0 spiro atoms. The molecule has 1 aromatic heterocycles. The fourth-order valence-electron chi connectivity index (χ4n) is 1.54. The number of amides is 2. The zero-order valence-electron chi connectivity index (χ0n) is 12.0. The average molecular weight is 332 g/mol. The number of hydrazine groups is 1. The predicted octanol–water partition coefficient (Wildman–Crippen LogP) is 3.01. The lowest BCUT2D eigenvalue weighted by atomic mass is 10.2. The maximum Gasteiger partial charge on any atom is 0.262 e. The quantitative estimate of drug-likeness (QED) is 0.503. The van der Waals surface area contributed by atoms with Gasteiger partial charge in [-0.1, -0.05) is 23.8 Å². The lowest BCUT2D eigenvalue weighted by molar-refractivity contribution is -0.125. The Kier molecular flexibility index (Phi) is 6.24. The molecule has 0 saturated heterocycles. The Balaban J connectivity index is 1.68. The number of benzene rings is 1. The monoisotopic (exact) mass is 332 g/mol. The van der Waals surface area contributed by atoms with Crippen LogP contribution in [-0.4, -0.2) is 17.6 Å². The van der Waals surface area contributed by atoms with Crippen molar-refractivity contribution in [2.45, 2.75) is 11.8 Å². The summed E-state index contributed by atoms with van der Waals surface area (Å²) in [6, 6.07) is 11.7. The molecule has 4 nitrogen and oxygen atoms in total. The van der Waals surface area contributed by atoms with Crippen molar-refractivity contribution in [2.75, 3.05) is 5.75 Å². The fraction of sp³-hybridized carbons (Fsp3) is 0.125. The highest BCUT2D eigenvalue weighted by Gasteiger charge is 2.03. The molecule has 1 aromatic carbocycles. The number of carbonyl (C=O) groups excluding carboxylic acids is 2. The van der Waals surface area contributed by atoms with Crippen LogP contribution < -0.4 is 10.9 Å². The van der Waals surface area contributed by atoms with Crippen molar-refractivity contribution in [1.29, 1.82) is 0 Å². The van der Waals surface area contributed by atoms with E-state index in [2.05, 4.69) is 10.9 Å². The van der Waals surface area contributed by atoms with Gasteiger partial charge in [0.05, 0.1) is 5.75 Å². The molecule has 22 heavy (non-hydrogen) atoms. The number of hydrogen-bond acceptors (Lipinski definition) is 4. The molecule has 2 amide bonds. The standard InChI is InChI=1S/C16H16N2O2S2/c1-12-4-6-14(7-5-12)22-11-16(20)18-17-15(19)9-8-13-3-2-10-21-13/h2-10H,11H2,1H3,(H,17,19)(H,18,20)/b9-8+.